The molecule has 0 radical (unpaired) electrons. The molecule has 0 aliphatic carbocycles. The van der Waals surface area contributed by atoms with Crippen LogP contribution in [0.1, 0.15) is 6.42 Å². The van der Waals surface area contributed by atoms with Gasteiger partial charge < -0.3 is 4.74 Å². The Hall–Kier alpha value is -1.72. The smallest absolute Gasteiger partial charge is 0.312 e. The van der Waals surface area contributed by atoms with Crippen molar-refractivity contribution in [3.63, 3.8) is 0 Å². The predicted molar refractivity (Wildman–Crippen MR) is 71.9 cm³/mol. The lowest BCUT2D eigenvalue weighted by atomic mass is 10.3. The molecule has 0 unspecified atom stereocenters. The van der Waals surface area contributed by atoms with Crippen LogP contribution in [0.5, 0.6) is 5.75 Å². The van der Waals surface area contributed by atoms with Gasteiger partial charge in [-0.25, -0.2) is 16.8 Å². The van der Waals surface area contributed by atoms with Crippen molar-refractivity contribution in [2.24, 2.45) is 0 Å². The van der Waals surface area contributed by atoms with Crippen LogP contribution in [0.15, 0.2) is 23.1 Å². The predicted octanol–water partition coefficient (Wildman–Crippen LogP) is 0.328. The molecule has 0 spiro atoms. The van der Waals surface area contributed by atoms with Crippen molar-refractivity contribution in [2.45, 2.75) is 11.3 Å². The van der Waals surface area contributed by atoms with E-state index in [1.165, 1.54) is 7.11 Å². The number of nitro benzene ring substituents is 1. The molecule has 0 aromatic heterocycles. The fourth-order valence-electron chi connectivity index (χ4n) is 1.98. The summed E-state index contributed by atoms with van der Waals surface area (Å²) in [6.07, 6.45) is 0.194. The van der Waals surface area contributed by atoms with Crippen LogP contribution in [0.2, 0.25) is 0 Å². The van der Waals surface area contributed by atoms with Gasteiger partial charge in [0.15, 0.2) is 5.75 Å². The number of nitro groups is 1. The summed E-state index contributed by atoms with van der Waals surface area (Å²) in [6.45, 7) is -0.162. The van der Waals surface area contributed by atoms with Crippen LogP contribution in [0.4, 0.5) is 5.69 Å². The topological polar surface area (TPSA) is 124 Å². The third-order valence-electron chi connectivity index (χ3n) is 2.97. The molecule has 0 atom stereocenters. The van der Waals surface area contributed by atoms with E-state index in [1.54, 1.807) is 0 Å². The zero-order valence-corrected chi connectivity index (χ0v) is 12.6. The molecule has 1 heterocycles. The lowest BCUT2D eigenvalue weighted by Crippen LogP contribution is -2.32. The van der Waals surface area contributed by atoms with E-state index in [1.807, 2.05) is 0 Å². The first kappa shape index (κ1) is 15.7. The maximum atomic E-state index is 12.3. The molecule has 0 saturated carbocycles. The molecule has 1 aliphatic heterocycles. The number of ether oxygens (including phenoxy) is 1. The summed E-state index contributed by atoms with van der Waals surface area (Å²) in [7, 11) is -7.03. The molecule has 0 N–H and O–H groups in total. The first-order valence-corrected chi connectivity index (χ1v) is 8.83. The summed E-state index contributed by atoms with van der Waals surface area (Å²) >= 11 is 0. The Balaban J connectivity index is 2.56. The van der Waals surface area contributed by atoms with E-state index in [-0.39, 0.29) is 24.5 Å². The Morgan fingerprint density at radius 3 is 2.52 bits per heavy atom. The summed E-state index contributed by atoms with van der Waals surface area (Å²) in [5, 5.41) is 10.9. The van der Waals surface area contributed by atoms with Crippen LogP contribution in [0.25, 0.3) is 0 Å². The third kappa shape index (κ3) is 2.71. The number of sulfonamides is 2. The molecule has 2 rings (SSSR count). The van der Waals surface area contributed by atoms with E-state index in [4.69, 9.17) is 4.74 Å². The van der Waals surface area contributed by atoms with Crippen LogP contribution in [-0.2, 0) is 20.0 Å². The molecule has 0 amide bonds. The lowest BCUT2D eigenvalue weighted by Gasteiger charge is -2.15. The fraction of sp³-hybridized carbons (Fsp3) is 0.400. The van der Waals surface area contributed by atoms with E-state index in [2.05, 4.69) is 0 Å². The van der Waals surface area contributed by atoms with E-state index in [0.29, 0.717) is 3.71 Å². The maximum Gasteiger partial charge on any atom is 0.312 e. The van der Waals surface area contributed by atoms with Crippen LogP contribution in [0.3, 0.4) is 0 Å². The first-order valence-electron chi connectivity index (χ1n) is 5.78. The second kappa shape index (κ2) is 5.24. The second-order valence-corrected chi connectivity index (χ2v) is 8.37. The highest BCUT2D eigenvalue weighted by Crippen LogP contribution is 2.32. The number of hydrogen-bond acceptors (Lipinski definition) is 7. The minimum atomic E-state index is -4.34. The van der Waals surface area contributed by atoms with Gasteiger partial charge in [0.2, 0.25) is 10.0 Å². The van der Waals surface area contributed by atoms with Gasteiger partial charge >= 0.3 is 5.69 Å². The molecular formula is C10H12N2O7S2. The number of nitrogens with zero attached hydrogens (tertiary/aromatic N) is 2. The molecule has 1 aromatic carbocycles. The molecule has 21 heavy (non-hydrogen) atoms. The van der Waals surface area contributed by atoms with Crippen LogP contribution < -0.4 is 4.74 Å². The highest BCUT2D eigenvalue weighted by molar-refractivity contribution is 8.04. The Kier molecular flexibility index (Phi) is 3.91. The van der Waals surface area contributed by atoms with Crippen molar-refractivity contribution >= 4 is 25.7 Å². The first-order chi connectivity index (χ1) is 9.70. The Morgan fingerprint density at radius 1 is 1.38 bits per heavy atom. The molecule has 1 aliphatic rings. The van der Waals surface area contributed by atoms with E-state index in [0.717, 1.165) is 18.2 Å². The van der Waals surface area contributed by atoms with Gasteiger partial charge in [0.1, 0.15) is 0 Å². The third-order valence-corrected chi connectivity index (χ3v) is 7.41. The summed E-state index contributed by atoms with van der Waals surface area (Å²) in [5.41, 5.74) is -0.546. The second-order valence-electron chi connectivity index (χ2n) is 4.26. The molecule has 0 bridgehead atoms. The highest BCUT2D eigenvalue weighted by atomic mass is 32.3. The summed E-state index contributed by atoms with van der Waals surface area (Å²) in [4.78, 5) is 9.65. The SMILES string of the molecule is COc1ccc(S(=O)(=O)N2CCCS2(=O)=O)cc1[N+](=O)[O-]. The zero-order chi connectivity index (χ0) is 15.8. The monoisotopic (exact) mass is 336 g/mol. The fourth-order valence-corrected chi connectivity index (χ4v) is 5.86. The maximum absolute atomic E-state index is 12.3. The van der Waals surface area contributed by atoms with Gasteiger partial charge in [-0.2, -0.15) is 0 Å². The minimum absolute atomic E-state index is 0.108. The molecule has 9 nitrogen and oxygen atoms in total. The lowest BCUT2D eigenvalue weighted by molar-refractivity contribution is -0.386. The van der Waals surface area contributed by atoms with Crippen molar-refractivity contribution in [1.29, 1.82) is 0 Å². The molecule has 116 valence electrons. The summed E-state index contributed by atoms with van der Waals surface area (Å²) in [6, 6.07) is 2.99. The number of rotatable bonds is 4. The van der Waals surface area contributed by atoms with Gasteiger partial charge in [0.25, 0.3) is 10.0 Å². The number of methoxy groups -OCH3 is 1. The zero-order valence-electron chi connectivity index (χ0n) is 10.9. The Morgan fingerprint density at radius 2 is 2.05 bits per heavy atom. The summed E-state index contributed by atoms with van der Waals surface area (Å²) in [5.74, 6) is -0.368. The van der Waals surface area contributed by atoms with Crippen LogP contribution in [-0.4, -0.2) is 44.9 Å². The molecular weight excluding hydrogens is 324 g/mol. The van der Waals surface area contributed by atoms with Crippen molar-refractivity contribution < 1.29 is 26.5 Å². The standard InChI is InChI=1S/C10H12N2O7S2/c1-19-10-4-3-8(7-9(10)12(13)14)21(17,18)11-5-2-6-20(11,15)16/h3-4,7H,2,5-6H2,1H3. The molecule has 1 aromatic rings. The van der Waals surface area contributed by atoms with Crippen molar-refractivity contribution in [1.82, 2.24) is 3.71 Å². The van der Waals surface area contributed by atoms with Gasteiger partial charge in [0.05, 0.1) is 22.7 Å². The highest BCUT2D eigenvalue weighted by Gasteiger charge is 2.40. The Labute approximate surface area is 121 Å². The summed E-state index contributed by atoms with van der Waals surface area (Å²) < 4.78 is 53.2. The molecule has 11 heteroatoms. The van der Waals surface area contributed by atoms with Crippen molar-refractivity contribution in [3.05, 3.63) is 28.3 Å². The average Bonchev–Trinajstić information content (AvgIpc) is 2.78. The van der Waals surface area contributed by atoms with Gasteiger partial charge in [-0.1, -0.05) is 3.71 Å². The quantitative estimate of drug-likeness (QED) is 0.573. The van der Waals surface area contributed by atoms with Crippen molar-refractivity contribution in [3.8, 4) is 5.75 Å². The van der Waals surface area contributed by atoms with E-state index >= 15 is 0 Å². The number of hydrogen-bond donors (Lipinski definition) is 0. The average molecular weight is 336 g/mol. The van der Waals surface area contributed by atoms with E-state index < -0.39 is 35.6 Å². The molecule has 1 fully saturated rings. The van der Waals surface area contributed by atoms with Gasteiger partial charge in [-0.15, -0.1) is 0 Å². The van der Waals surface area contributed by atoms with E-state index in [9.17, 15) is 26.9 Å². The number of benzene rings is 1. The van der Waals surface area contributed by atoms with Gasteiger partial charge in [0, 0.05) is 12.6 Å². The normalized spacial score (nSPS) is 18.5. The van der Waals surface area contributed by atoms with Gasteiger partial charge in [-0.05, 0) is 18.6 Å². The van der Waals surface area contributed by atoms with Crippen molar-refractivity contribution in [2.75, 3.05) is 19.4 Å². The Bertz CT molecular complexity index is 786. The largest absolute Gasteiger partial charge is 0.490 e. The van der Waals surface area contributed by atoms with Crippen LogP contribution in [0, 0.1) is 10.1 Å². The van der Waals surface area contributed by atoms with Crippen LogP contribution >= 0.6 is 0 Å². The van der Waals surface area contributed by atoms with Gasteiger partial charge in [-0.3, -0.25) is 10.1 Å². The minimum Gasteiger partial charge on any atom is -0.490 e. The molecule has 1 saturated heterocycles.